The summed E-state index contributed by atoms with van der Waals surface area (Å²) in [5.41, 5.74) is 4.90. The van der Waals surface area contributed by atoms with Gasteiger partial charge in [0.25, 0.3) is 11.1 Å². The fraction of sp³-hybridized carbons (Fsp3) is 0.550. The van der Waals surface area contributed by atoms with Gasteiger partial charge in [-0.1, -0.05) is 0 Å². The zero-order chi connectivity index (χ0) is 27.2. The number of aliphatic hydroxyl groups excluding tert-OH is 2. The summed E-state index contributed by atoms with van der Waals surface area (Å²) in [7, 11) is -4.72. The van der Waals surface area contributed by atoms with Gasteiger partial charge in [-0.25, -0.2) is 19.5 Å². The summed E-state index contributed by atoms with van der Waals surface area (Å²) in [4.78, 5) is 49.3. The van der Waals surface area contributed by atoms with Gasteiger partial charge in [0.05, 0.1) is 25.6 Å². The highest BCUT2D eigenvalue weighted by molar-refractivity contribution is 7.47. The lowest BCUT2D eigenvalue weighted by atomic mass is 10.2. The maximum Gasteiger partial charge on any atom is 0.472 e. The fourth-order valence-corrected chi connectivity index (χ4v) is 5.40. The molecule has 3 aromatic heterocycles. The second kappa shape index (κ2) is 10.3. The SMILES string of the molecule is Cc1nc2c(ncn2[C@H]2CC(OP(=O)(O)OC[C@H]3O[C@@H](n4cnc(N)cc4=O)CC3O)[C@@H](CO)O2)c(=O)[nH]1. The number of aromatic nitrogens is 6. The second-order valence-electron chi connectivity index (χ2n) is 8.92. The number of phosphoric acid groups is 1. The van der Waals surface area contributed by atoms with E-state index in [-0.39, 0.29) is 29.8 Å². The van der Waals surface area contributed by atoms with E-state index in [0.717, 1.165) is 10.6 Å². The predicted octanol–water partition coefficient (Wildman–Crippen LogP) is -1.30. The van der Waals surface area contributed by atoms with Crippen LogP contribution in [0, 0.1) is 6.92 Å². The highest BCUT2D eigenvalue weighted by Gasteiger charge is 2.43. The molecule has 0 aromatic carbocycles. The van der Waals surface area contributed by atoms with Gasteiger partial charge in [-0.15, -0.1) is 0 Å². The first-order chi connectivity index (χ1) is 18.0. The van der Waals surface area contributed by atoms with E-state index in [9.17, 15) is 29.3 Å². The van der Waals surface area contributed by atoms with E-state index in [2.05, 4.69) is 19.9 Å². The predicted molar refractivity (Wildman–Crippen MR) is 127 cm³/mol. The molecule has 6 N–H and O–H groups in total. The molecule has 0 bridgehead atoms. The minimum atomic E-state index is -4.72. The Balaban J connectivity index is 1.23. The molecule has 7 atom stereocenters. The summed E-state index contributed by atoms with van der Waals surface area (Å²) in [5, 5.41) is 20.1. The minimum absolute atomic E-state index is 0.00973. The van der Waals surface area contributed by atoms with Gasteiger partial charge in [0.2, 0.25) is 0 Å². The van der Waals surface area contributed by atoms with E-state index in [1.165, 1.54) is 17.2 Å². The van der Waals surface area contributed by atoms with E-state index >= 15 is 0 Å². The van der Waals surface area contributed by atoms with Crippen LogP contribution in [0.15, 0.2) is 28.3 Å². The van der Waals surface area contributed by atoms with Crippen molar-refractivity contribution in [3.63, 3.8) is 0 Å². The topological polar surface area (TPSA) is 239 Å². The Kier molecular flexibility index (Phi) is 7.19. The molecule has 2 aliphatic heterocycles. The standard InChI is InChI=1S/C20H26N7O10P/c1-9-24-19-18(20(31)25-9)23-8-27(19)17-3-11(12(5-28)35-17)37-38(32,33)34-6-13-10(29)2-16(36-13)26-7-22-14(21)4-15(26)30/h4,7-8,10-13,16-17,28-29H,2-3,5-6,21H2,1H3,(H,32,33)(H,24,25,31)/t10?,11?,12-,13-,16-,17-/m1/s1. The molecule has 206 valence electrons. The number of H-pyrrole nitrogens is 1. The number of aromatic amines is 1. The number of nitrogen functional groups attached to an aromatic ring is 1. The third-order valence-electron chi connectivity index (χ3n) is 6.26. The number of nitrogens with one attached hydrogen (secondary N) is 1. The van der Waals surface area contributed by atoms with E-state index in [0.29, 0.717) is 5.82 Å². The third-order valence-corrected chi connectivity index (χ3v) is 7.28. The van der Waals surface area contributed by atoms with Crippen molar-refractivity contribution in [3.05, 3.63) is 45.3 Å². The van der Waals surface area contributed by atoms with Crippen molar-refractivity contribution < 1.29 is 38.2 Å². The molecule has 17 nitrogen and oxygen atoms in total. The molecule has 38 heavy (non-hydrogen) atoms. The monoisotopic (exact) mass is 555 g/mol. The van der Waals surface area contributed by atoms with Crippen LogP contribution in [0.5, 0.6) is 0 Å². The van der Waals surface area contributed by atoms with Gasteiger partial charge in [0.1, 0.15) is 48.7 Å². The molecule has 0 saturated carbocycles. The zero-order valence-corrected chi connectivity index (χ0v) is 20.9. The number of nitrogens with two attached hydrogens (primary N) is 1. The fourth-order valence-electron chi connectivity index (χ4n) is 4.44. The summed E-state index contributed by atoms with van der Waals surface area (Å²) in [5.74, 6) is 0.390. The van der Waals surface area contributed by atoms with E-state index in [4.69, 9.17) is 24.3 Å². The van der Waals surface area contributed by atoms with Crippen molar-refractivity contribution >= 4 is 24.8 Å². The summed E-state index contributed by atoms with van der Waals surface area (Å²) in [6.07, 6.45) is -3.34. The van der Waals surface area contributed by atoms with Gasteiger partial charge in [-0.3, -0.25) is 27.8 Å². The van der Waals surface area contributed by atoms with Crippen molar-refractivity contribution in [3.8, 4) is 0 Å². The molecule has 3 aromatic rings. The van der Waals surface area contributed by atoms with Crippen molar-refractivity contribution in [1.29, 1.82) is 0 Å². The number of ether oxygens (including phenoxy) is 2. The highest BCUT2D eigenvalue weighted by atomic mass is 31.2. The number of fused-ring (bicyclic) bond motifs is 1. The van der Waals surface area contributed by atoms with Gasteiger partial charge in [-0.05, 0) is 6.92 Å². The number of rotatable bonds is 8. The quantitative estimate of drug-likeness (QED) is 0.203. The number of hydrogen-bond donors (Lipinski definition) is 5. The molecule has 2 fully saturated rings. The molecule has 0 radical (unpaired) electrons. The number of nitrogens with zero attached hydrogens (tertiary/aromatic N) is 5. The lowest BCUT2D eigenvalue weighted by Gasteiger charge is -2.21. The Bertz CT molecular complexity index is 1490. The van der Waals surface area contributed by atoms with E-state index < -0.39 is 69.0 Å². The summed E-state index contributed by atoms with van der Waals surface area (Å²) in [6.45, 7) is 0.548. The van der Waals surface area contributed by atoms with Crippen LogP contribution in [-0.2, 0) is 23.1 Å². The van der Waals surface area contributed by atoms with Crippen LogP contribution < -0.4 is 16.9 Å². The first-order valence-corrected chi connectivity index (χ1v) is 13.1. The molecule has 0 spiro atoms. The molecule has 5 rings (SSSR count). The van der Waals surface area contributed by atoms with Crippen LogP contribution in [0.3, 0.4) is 0 Å². The second-order valence-corrected chi connectivity index (χ2v) is 10.3. The Hall–Kier alpha value is -3.02. The number of aryl methyl sites for hydroxylation is 1. The highest BCUT2D eigenvalue weighted by Crippen LogP contribution is 2.49. The van der Waals surface area contributed by atoms with Crippen molar-refractivity contribution in [2.45, 2.75) is 56.6 Å². The van der Waals surface area contributed by atoms with E-state index in [1.807, 2.05) is 0 Å². The lowest BCUT2D eigenvalue weighted by Crippen LogP contribution is -2.29. The number of aliphatic hydroxyl groups is 2. The molecule has 0 amide bonds. The summed E-state index contributed by atoms with van der Waals surface area (Å²) in [6, 6.07) is 1.10. The maximum atomic E-state index is 12.7. The Morgan fingerprint density at radius 3 is 2.63 bits per heavy atom. The average molecular weight is 555 g/mol. The number of hydrogen-bond acceptors (Lipinski definition) is 13. The van der Waals surface area contributed by atoms with Gasteiger partial charge < -0.3 is 35.3 Å². The number of imidazole rings is 1. The summed E-state index contributed by atoms with van der Waals surface area (Å²) >= 11 is 0. The molecule has 18 heteroatoms. The molecule has 2 aliphatic rings. The summed E-state index contributed by atoms with van der Waals surface area (Å²) < 4.78 is 37.1. The maximum absolute atomic E-state index is 12.7. The van der Waals surface area contributed by atoms with Gasteiger partial charge in [0, 0.05) is 18.9 Å². The van der Waals surface area contributed by atoms with Gasteiger partial charge in [-0.2, -0.15) is 0 Å². The molecule has 2 saturated heterocycles. The Morgan fingerprint density at radius 2 is 1.89 bits per heavy atom. The van der Waals surface area contributed by atoms with Crippen LogP contribution in [0.1, 0.15) is 31.1 Å². The van der Waals surface area contributed by atoms with Crippen LogP contribution >= 0.6 is 7.82 Å². The molecular formula is C20H26N7O10P. The molecule has 3 unspecified atom stereocenters. The minimum Gasteiger partial charge on any atom is -0.394 e. The van der Waals surface area contributed by atoms with Crippen molar-refractivity contribution in [2.24, 2.45) is 0 Å². The van der Waals surface area contributed by atoms with Crippen molar-refractivity contribution in [2.75, 3.05) is 18.9 Å². The van der Waals surface area contributed by atoms with Crippen LogP contribution in [-0.4, -0.2) is 81.8 Å². The first kappa shape index (κ1) is 26.6. The molecular weight excluding hydrogens is 529 g/mol. The number of anilines is 1. The van der Waals surface area contributed by atoms with Gasteiger partial charge >= 0.3 is 7.82 Å². The molecule has 0 aliphatic carbocycles. The largest absolute Gasteiger partial charge is 0.472 e. The first-order valence-electron chi connectivity index (χ1n) is 11.6. The van der Waals surface area contributed by atoms with Crippen LogP contribution in [0.25, 0.3) is 11.2 Å². The third kappa shape index (κ3) is 5.27. The Labute approximate surface area is 213 Å². The average Bonchev–Trinajstić information content (AvgIpc) is 3.54. The van der Waals surface area contributed by atoms with Crippen molar-refractivity contribution in [1.82, 2.24) is 29.1 Å². The lowest BCUT2D eigenvalue weighted by molar-refractivity contribution is -0.0566. The number of phosphoric ester groups is 1. The smallest absolute Gasteiger partial charge is 0.394 e. The van der Waals surface area contributed by atoms with Gasteiger partial charge in [0.15, 0.2) is 11.2 Å². The van der Waals surface area contributed by atoms with Crippen LogP contribution in [0.2, 0.25) is 0 Å². The Morgan fingerprint density at radius 1 is 1.18 bits per heavy atom. The van der Waals surface area contributed by atoms with Crippen LogP contribution in [0.4, 0.5) is 5.82 Å². The molecule has 5 heterocycles. The normalized spacial score (nSPS) is 29.2. The zero-order valence-electron chi connectivity index (χ0n) is 20.0. The van der Waals surface area contributed by atoms with E-state index in [1.54, 1.807) is 6.92 Å².